The number of rotatable bonds is 4. The molecule has 1 aliphatic heterocycles. The molecule has 0 radical (unpaired) electrons. The summed E-state index contributed by atoms with van der Waals surface area (Å²) in [6.07, 6.45) is 1.56. The van der Waals surface area contributed by atoms with Crippen LogP contribution in [0, 0.1) is 5.92 Å². The van der Waals surface area contributed by atoms with Crippen LogP contribution in [0.5, 0.6) is 0 Å². The minimum Gasteiger partial charge on any atom is -0.466 e. The van der Waals surface area contributed by atoms with Crippen molar-refractivity contribution in [2.24, 2.45) is 5.92 Å². The number of aliphatic hydroxyl groups is 1. The van der Waals surface area contributed by atoms with Crippen LogP contribution < -0.4 is 0 Å². The molecule has 0 bridgehead atoms. The van der Waals surface area contributed by atoms with Crippen LogP contribution in [0.1, 0.15) is 33.6 Å². The monoisotopic (exact) mass is 229 g/mol. The fourth-order valence-electron chi connectivity index (χ4n) is 1.96. The first-order valence-electron chi connectivity index (χ1n) is 6.06. The number of ether oxygens (including phenoxy) is 1. The summed E-state index contributed by atoms with van der Waals surface area (Å²) in [5.74, 6) is -0.206. The number of likely N-dealkylation sites (tertiary alicyclic amines) is 1. The molecule has 0 aromatic heterocycles. The third-order valence-electron chi connectivity index (χ3n) is 3.15. The maximum absolute atomic E-state index is 11.4. The summed E-state index contributed by atoms with van der Waals surface area (Å²) in [7, 11) is 0. The Morgan fingerprint density at radius 3 is 2.56 bits per heavy atom. The minimum atomic E-state index is -0.524. The first kappa shape index (κ1) is 13.5. The number of carbonyl (C=O) groups is 1. The zero-order valence-corrected chi connectivity index (χ0v) is 10.5. The van der Waals surface area contributed by atoms with Gasteiger partial charge in [0.2, 0.25) is 0 Å². The van der Waals surface area contributed by atoms with Crippen LogP contribution >= 0.6 is 0 Å². The van der Waals surface area contributed by atoms with Crippen molar-refractivity contribution in [2.75, 3.05) is 26.2 Å². The summed E-state index contributed by atoms with van der Waals surface area (Å²) in [6, 6.07) is 0. The van der Waals surface area contributed by atoms with Gasteiger partial charge in [-0.3, -0.25) is 4.79 Å². The third-order valence-corrected chi connectivity index (χ3v) is 3.15. The molecule has 0 saturated carbocycles. The fourth-order valence-corrected chi connectivity index (χ4v) is 1.96. The molecule has 1 fully saturated rings. The summed E-state index contributed by atoms with van der Waals surface area (Å²) < 4.78 is 4.97. The van der Waals surface area contributed by atoms with Crippen molar-refractivity contribution in [3.8, 4) is 0 Å². The number of hydrogen-bond donors (Lipinski definition) is 1. The normalized spacial score (nSPS) is 22.8. The van der Waals surface area contributed by atoms with Crippen molar-refractivity contribution in [1.29, 1.82) is 0 Å². The Balaban J connectivity index is 2.30. The van der Waals surface area contributed by atoms with Crippen LogP contribution in [0.3, 0.4) is 0 Å². The molecule has 0 aliphatic carbocycles. The lowest BCUT2D eigenvalue weighted by Crippen LogP contribution is -2.44. The minimum absolute atomic E-state index is 0.0806. The summed E-state index contributed by atoms with van der Waals surface area (Å²) in [4.78, 5) is 13.7. The Labute approximate surface area is 97.6 Å². The van der Waals surface area contributed by atoms with E-state index in [0.29, 0.717) is 6.61 Å². The van der Waals surface area contributed by atoms with Gasteiger partial charge in [-0.25, -0.2) is 0 Å². The van der Waals surface area contributed by atoms with Crippen LogP contribution in [0.4, 0.5) is 0 Å². The molecule has 1 N–H and O–H groups in total. The molecule has 94 valence electrons. The molecule has 1 rings (SSSR count). The van der Waals surface area contributed by atoms with E-state index in [0.717, 1.165) is 32.5 Å². The second-order valence-electron chi connectivity index (χ2n) is 4.95. The molecule has 1 aliphatic rings. The number of hydrogen-bond acceptors (Lipinski definition) is 4. The highest BCUT2D eigenvalue weighted by molar-refractivity contribution is 5.72. The predicted octanol–water partition coefficient (Wildman–Crippen LogP) is 1.03. The second kappa shape index (κ2) is 5.64. The van der Waals surface area contributed by atoms with Crippen molar-refractivity contribution in [3.63, 3.8) is 0 Å². The Bertz CT molecular complexity index is 230. The molecule has 1 unspecified atom stereocenters. The van der Waals surface area contributed by atoms with Gasteiger partial charge in [0.1, 0.15) is 0 Å². The van der Waals surface area contributed by atoms with Gasteiger partial charge < -0.3 is 14.7 Å². The fraction of sp³-hybridized carbons (Fsp3) is 0.917. The van der Waals surface area contributed by atoms with E-state index in [9.17, 15) is 9.90 Å². The van der Waals surface area contributed by atoms with Crippen molar-refractivity contribution in [1.82, 2.24) is 4.90 Å². The molecule has 4 nitrogen and oxygen atoms in total. The van der Waals surface area contributed by atoms with E-state index >= 15 is 0 Å². The molecular formula is C12H23NO3. The van der Waals surface area contributed by atoms with E-state index in [4.69, 9.17) is 4.74 Å². The summed E-state index contributed by atoms with van der Waals surface area (Å²) >= 11 is 0. The highest BCUT2D eigenvalue weighted by Crippen LogP contribution is 2.21. The SMILES string of the molecule is CCOC(=O)C(C)CN1CCC(C)(O)CC1. The molecule has 0 aromatic rings. The first-order chi connectivity index (χ1) is 7.44. The van der Waals surface area contributed by atoms with E-state index in [1.807, 2.05) is 20.8 Å². The zero-order chi connectivity index (χ0) is 12.2. The van der Waals surface area contributed by atoms with Crippen molar-refractivity contribution < 1.29 is 14.6 Å². The largest absolute Gasteiger partial charge is 0.466 e. The molecule has 1 saturated heterocycles. The van der Waals surface area contributed by atoms with Crippen molar-refractivity contribution >= 4 is 5.97 Å². The predicted molar refractivity (Wildman–Crippen MR) is 62.1 cm³/mol. The maximum Gasteiger partial charge on any atom is 0.309 e. The van der Waals surface area contributed by atoms with E-state index in [1.165, 1.54) is 0 Å². The summed E-state index contributed by atoms with van der Waals surface area (Å²) in [6.45, 7) is 8.48. The molecule has 0 aromatic carbocycles. The van der Waals surface area contributed by atoms with Gasteiger partial charge in [0, 0.05) is 19.6 Å². The number of piperidine rings is 1. The second-order valence-corrected chi connectivity index (χ2v) is 4.95. The van der Waals surface area contributed by atoms with Crippen LogP contribution in [0.25, 0.3) is 0 Å². The Morgan fingerprint density at radius 2 is 2.06 bits per heavy atom. The lowest BCUT2D eigenvalue weighted by Gasteiger charge is -2.36. The van der Waals surface area contributed by atoms with E-state index in [-0.39, 0.29) is 11.9 Å². The van der Waals surface area contributed by atoms with Crippen LogP contribution in [0.15, 0.2) is 0 Å². The third kappa shape index (κ3) is 4.10. The van der Waals surface area contributed by atoms with Gasteiger partial charge in [-0.1, -0.05) is 6.92 Å². The number of carbonyl (C=O) groups excluding carboxylic acids is 1. The van der Waals surface area contributed by atoms with Crippen LogP contribution in [-0.2, 0) is 9.53 Å². The van der Waals surface area contributed by atoms with Gasteiger partial charge in [0.05, 0.1) is 18.1 Å². The zero-order valence-electron chi connectivity index (χ0n) is 10.5. The maximum atomic E-state index is 11.4. The van der Waals surface area contributed by atoms with Gasteiger partial charge in [-0.15, -0.1) is 0 Å². The molecule has 1 heterocycles. The van der Waals surface area contributed by atoms with Crippen molar-refractivity contribution in [3.05, 3.63) is 0 Å². The highest BCUT2D eigenvalue weighted by atomic mass is 16.5. The lowest BCUT2D eigenvalue weighted by molar-refractivity contribution is -0.148. The van der Waals surface area contributed by atoms with Gasteiger partial charge >= 0.3 is 5.97 Å². The number of esters is 1. The Kier molecular flexibility index (Phi) is 4.74. The average molecular weight is 229 g/mol. The molecule has 0 amide bonds. The highest BCUT2D eigenvalue weighted by Gasteiger charge is 2.28. The average Bonchev–Trinajstić information content (AvgIpc) is 2.21. The van der Waals surface area contributed by atoms with E-state index in [2.05, 4.69) is 4.90 Å². The molecular weight excluding hydrogens is 206 g/mol. The summed E-state index contributed by atoms with van der Waals surface area (Å²) in [5, 5.41) is 9.80. The van der Waals surface area contributed by atoms with E-state index < -0.39 is 5.60 Å². The van der Waals surface area contributed by atoms with Gasteiger partial charge in [-0.2, -0.15) is 0 Å². The smallest absolute Gasteiger partial charge is 0.309 e. The van der Waals surface area contributed by atoms with E-state index in [1.54, 1.807) is 0 Å². The quantitative estimate of drug-likeness (QED) is 0.732. The van der Waals surface area contributed by atoms with Gasteiger partial charge in [-0.05, 0) is 26.7 Å². The van der Waals surface area contributed by atoms with Crippen LogP contribution in [-0.4, -0.2) is 47.8 Å². The van der Waals surface area contributed by atoms with Crippen molar-refractivity contribution in [2.45, 2.75) is 39.2 Å². The Morgan fingerprint density at radius 1 is 1.50 bits per heavy atom. The first-order valence-corrected chi connectivity index (χ1v) is 6.06. The lowest BCUT2D eigenvalue weighted by atomic mass is 9.93. The summed E-state index contributed by atoms with van der Waals surface area (Å²) in [5.41, 5.74) is -0.524. The van der Waals surface area contributed by atoms with Crippen LogP contribution in [0.2, 0.25) is 0 Å². The molecule has 16 heavy (non-hydrogen) atoms. The molecule has 0 spiro atoms. The molecule has 1 atom stereocenters. The molecule has 4 heteroatoms. The topological polar surface area (TPSA) is 49.8 Å². The van der Waals surface area contributed by atoms with Gasteiger partial charge in [0.25, 0.3) is 0 Å². The standard InChI is InChI=1S/C12H23NO3/c1-4-16-11(14)10(2)9-13-7-5-12(3,15)6-8-13/h10,15H,4-9H2,1-3H3. The van der Waals surface area contributed by atoms with Gasteiger partial charge in [0.15, 0.2) is 0 Å². The Hall–Kier alpha value is -0.610. The number of nitrogens with zero attached hydrogens (tertiary/aromatic N) is 1.